The molecule has 4 aromatic rings. The van der Waals surface area contributed by atoms with Gasteiger partial charge in [-0.2, -0.15) is 0 Å². The van der Waals surface area contributed by atoms with Crippen molar-refractivity contribution in [2.24, 2.45) is 0 Å². The summed E-state index contributed by atoms with van der Waals surface area (Å²) in [6.07, 6.45) is 1.84. The molecular weight excluding hydrogens is 452 g/mol. The van der Waals surface area contributed by atoms with Gasteiger partial charge in [-0.15, -0.1) is 0 Å². The molecular formula is C29H30N4OS. The maximum atomic E-state index is 5.91. The van der Waals surface area contributed by atoms with E-state index in [1.165, 1.54) is 33.8 Å². The van der Waals surface area contributed by atoms with E-state index in [1.807, 2.05) is 36.5 Å². The second-order valence-electron chi connectivity index (χ2n) is 9.10. The normalized spacial score (nSPS) is 17.5. The third-order valence-electron chi connectivity index (χ3n) is 6.88. The van der Waals surface area contributed by atoms with Crippen LogP contribution in [0.15, 0.2) is 72.9 Å². The van der Waals surface area contributed by atoms with Gasteiger partial charge in [0.25, 0.3) is 0 Å². The van der Waals surface area contributed by atoms with E-state index in [2.05, 4.69) is 78.9 Å². The number of ether oxygens (including phenoxy) is 1. The van der Waals surface area contributed by atoms with Crippen molar-refractivity contribution in [3.8, 4) is 11.4 Å². The van der Waals surface area contributed by atoms with Crippen LogP contribution in [0.4, 0.5) is 5.69 Å². The second kappa shape index (κ2) is 9.19. The molecule has 2 aromatic heterocycles. The highest BCUT2D eigenvalue weighted by atomic mass is 32.1. The lowest BCUT2D eigenvalue weighted by Gasteiger charge is -2.28. The standard InChI is InChI=1S/C29H30N4OS/c1-18-10-8-11-19(2)27(18)32-20(3)16-24(21(32)4)28-26(25-14-6-7-15-30-25)31-29(35)33(28)22-12-9-13-23(17-22)34-5/h6-17,26,28H,1-5H3,(H,31,35)/t26-,28-/m0/s1. The number of methoxy groups -OCH3 is 1. The molecule has 0 saturated carbocycles. The molecule has 1 aliphatic rings. The van der Waals surface area contributed by atoms with Gasteiger partial charge >= 0.3 is 0 Å². The third-order valence-corrected chi connectivity index (χ3v) is 7.20. The van der Waals surface area contributed by atoms with Crippen molar-refractivity contribution >= 4 is 23.0 Å². The highest BCUT2D eigenvalue weighted by Gasteiger charge is 2.42. The van der Waals surface area contributed by atoms with Crippen LogP contribution in [0.3, 0.4) is 0 Å². The number of nitrogens with zero attached hydrogens (tertiary/aromatic N) is 3. The molecule has 5 nitrogen and oxygen atoms in total. The summed E-state index contributed by atoms with van der Waals surface area (Å²) in [5, 5.41) is 4.24. The lowest BCUT2D eigenvalue weighted by Crippen LogP contribution is -2.29. The molecule has 0 aliphatic carbocycles. The summed E-state index contributed by atoms with van der Waals surface area (Å²) in [4.78, 5) is 6.90. The number of benzene rings is 2. The topological polar surface area (TPSA) is 42.3 Å². The molecule has 0 spiro atoms. The molecule has 1 aliphatic heterocycles. The van der Waals surface area contributed by atoms with Crippen LogP contribution in [-0.4, -0.2) is 21.8 Å². The van der Waals surface area contributed by atoms with E-state index in [-0.39, 0.29) is 12.1 Å². The minimum Gasteiger partial charge on any atom is -0.497 e. The molecule has 0 radical (unpaired) electrons. The molecule has 3 heterocycles. The quantitative estimate of drug-likeness (QED) is 0.339. The predicted molar refractivity (Wildman–Crippen MR) is 146 cm³/mol. The molecule has 5 rings (SSSR count). The summed E-state index contributed by atoms with van der Waals surface area (Å²) in [6.45, 7) is 8.72. The fraction of sp³-hybridized carbons (Fsp3) is 0.241. The summed E-state index contributed by atoms with van der Waals surface area (Å²) >= 11 is 5.91. The molecule has 35 heavy (non-hydrogen) atoms. The number of anilines is 1. The van der Waals surface area contributed by atoms with Gasteiger partial charge in [0.1, 0.15) is 5.75 Å². The zero-order chi connectivity index (χ0) is 24.7. The molecule has 0 amide bonds. The molecule has 0 bridgehead atoms. The van der Waals surface area contributed by atoms with Crippen LogP contribution in [-0.2, 0) is 0 Å². The minimum absolute atomic E-state index is 0.0752. The molecule has 0 unspecified atom stereocenters. The van der Waals surface area contributed by atoms with Crippen molar-refractivity contribution in [2.75, 3.05) is 12.0 Å². The van der Waals surface area contributed by atoms with Crippen molar-refractivity contribution < 1.29 is 4.74 Å². The number of thiocarbonyl (C=S) groups is 1. The SMILES string of the molecule is COc1cccc(N2C(=S)N[C@@H](c3ccccn3)[C@@H]2c2cc(C)n(-c3c(C)cccc3C)c2C)c1. The van der Waals surface area contributed by atoms with Crippen molar-refractivity contribution in [1.82, 2.24) is 14.9 Å². The van der Waals surface area contributed by atoms with Gasteiger partial charge in [-0.05, 0) is 86.9 Å². The van der Waals surface area contributed by atoms with Crippen LogP contribution < -0.4 is 15.0 Å². The Labute approximate surface area is 212 Å². The van der Waals surface area contributed by atoms with Crippen LogP contribution in [0.25, 0.3) is 5.69 Å². The first kappa shape index (κ1) is 23.1. The van der Waals surface area contributed by atoms with Crippen molar-refractivity contribution in [1.29, 1.82) is 0 Å². The number of pyridine rings is 1. The average Bonchev–Trinajstić information content (AvgIpc) is 3.35. The van der Waals surface area contributed by atoms with E-state index in [4.69, 9.17) is 21.9 Å². The third kappa shape index (κ3) is 3.98. The summed E-state index contributed by atoms with van der Waals surface area (Å²) in [5.74, 6) is 0.798. The van der Waals surface area contributed by atoms with Crippen LogP contribution >= 0.6 is 12.2 Å². The maximum absolute atomic E-state index is 5.91. The van der Waals surface area contributed by atoms with Gasteiger partial charge in [0.05, 0.1) is 30.6 Å². The van der Waals surface area contributed by atoms with Gasteiger partial charge in [-0.1, -0.05) is 30.3 Å². The molecule has 1 saturated heterocycles. The monoisotopic (exact) mass is 482 g/mol. The fourth-order valence-corrected chi connectivity index (χ4v) is 5.64. The van der Waals surface area contributed by atoms with Gasteiger partial charge in [-0.3, -0.25) is 4.98 Å². The molecule has 2 atom stereocenters. The van der Waals surface area contributed by atoms with Gasteiger partial charge < -0.3 is 19.5 Å². The first-order valence-corrected chi connectivity index (χ1v) is 12.2. The zero-order valence-electron chi connectivity index (χ0n) is 20.7. The lowest BCUT2D eigenvalue weighted by molar-refractivity contribution is 0.415. The molecule has 178 valence electrons. The summed E-state index contributed by atoms with van der Waals surface area (Å²) in [6, 6.07) is 22.7. The zero-order valence-corrected chi connectivity index (χ0v) is 21.6. The Morgan fingerprint density at radius 2 is 1.66 bits per heavy atom. The van der Waals surface area contributed by atoms with E-state index in [9.17, 15) is 0 Å². The average molecular weight is 483 g/mol. The number of hydrogen-bond acceptors (Lipinski definition) is 3. The number of aromatic nitrogens is 2. The molecule has 1 N–H and O–H groups in total. The van der Waals surface area contributed by atoms with Crippen molar-refractivity contribution in [3.63, 3.8) is 0 Å². The highest BCUT2D eigenvalue weighted by molar-refractivity contribution is 7.80. The maximum Gasteiger partial charge on any atom is 0.174 e. The number of hydrogen-bond donors (Lipinski definition) is 1. The first-order valence-electron chi connectivity index (χ1n) is 11.8. The van der Waals surface area contributed by atoms with E-state index >= 15 is 0 Å². The summed E-state index contributed by atoms with van der Waals surface area (Å²) in [5.41, 5.74) is 9.31. The number of nitrogens with one attached hydrogen (secondary N) is 1. The smallest absolute Gasteiger partial charge is 0.174 e. The van der Waals surface area contributed by atoms with Gasteiger partial charge in [0.15, 0.2) is 5.11 Å². The Morgan fingerprint density at radius 1 is 0.914 bits per heavy atom. The largest absolute Gasteiger partial charge is 0.497 e. The van der Waals surface area contributed by atoms with Crippen LogP contribution in [0, 0.1) is 27.7 Å². The fourth-order valence-electron chi connectivity index (χ4n) is 5.30. The first-order chi connectivity index (χ1) is 16.9. The summed E-state index contributed by atoms with van der Waals surface area (Å²) in [7, 11) is 1.69. The van der Waals surface area contributed by atoms with E-state index in [0.29, 0.717) is 5.11 Å². The lowest BCUT2D eigenvalue weighted by atomic mass is 9.96. The van der Waals surface area contributed by atoms with Crippen molar-refractivity contribution in [2.45, 2.75) is 39.8 Å². The van der Waals surface area contributed by atoms with Gasteiger partial charge in [0, 0.05) is 29.3 Å². The summed E-state index contributed by atoms with van der Waals surface area (Å²) < 4.78 is 7.90. The highest BCUT2D eigenvalue weighted by Crippen LogP contribution is 2.44. The Kier molecular flexibility index (Phi) is 6.07. The predicted octanol–water partition coefficient (Wildman–Crippen LogP) is 6.29. The second-order valence-corrected chi connectivity index (χ2v) is 9.49. The molecule has 1 fully saturated rings. The van der Waals surface area contributed by atoms with Crippen LogP contribution in [0.2, 0.25) is 0 Å². The minimum atomic E-state index is -0.0955. The Balaban J connectivity index is 1.71. The van der Waals surface area contributed by atoms with Gasteiger partial charge in [0.2, 0.25) is 0 Å². The van der Waals surface area contributed by atoms with E-state index in [0.717, 1.165) is 17.1 Å². The molecule has 6 heteroatoms. The van der Waals surface area contributed by atoms with Gasteiger partial charge in [-0.25, -0.2) is 0 Å². The Hall–Kier alpha value is -3.64. The van der Waals surface area contributed by atoms with Crippen LogP contribution in [0.1, 0.15) is 45.9 Å². The van der Waals surface area contributed by atoms with E-state index in [1.54, 1.807) is 7.11 Å². The van der Waals surface area contributed by atoms with Crippen LogP contribution in [0.5, 0.6) is 5.75 Å². The Morgan fingerprint density at radius 3 is 2.34 bits per heavy atom. The van der Waals surface area contributed by atoms with Crippen molar-refractivity contribution in [3.05, 3.63) is 107 Å². The Bertz CT molecular complexity index is 1380. The number of rotatable bonds is 5. The van der Waals surface area contributed by atoms with E-state index < -0.39 is 0 Å². The molecule has 2 aromatic carbocycles. The number of para-hydroxylation sites is 1. The number of aryl methyl sites for hydroxylation is 3.